The van der Waals surface area contributed by atoms with Gasteiger partial charge in [-0.15, -0.1) is 0 Å². The summed E-state index contributed by atoms with van der Waals surface area (Å²) >= 11 is 0. The summed E-state index contributed by atoms with van der Waals surface area (Å²) in [5.74, 6) is 3.57. The van der Waals surface area contributed by atoms with Crippen LogP contribution in [0.5, 0.6) is 11.5 Å². The van der Waals surface area contributed by atoms with E-state index in [0.717, 1.165) is 47.8 Å². The summed E-state index contributed by atoms with van der Waals surface area (Å²) < 4.78 is 16.9. The zero-order chi connectivity index (χ0) is 19.8. The summed E-state index contributed by atoms with van der Waals surface area (Å²) in [6, 6.07) is 8.04. The second-order valence-corrected chi connectivity index (χ2v) is 6.84. The number of aromatic nitrogens is 1. The third-order valence-corrected chi connectivity index (χ3v) is 4.91. The number of ether oxygens (including phenoxy) is 2. The molecule has 0 saturated heterocycles. The minimum absolute atomic E-state index is 0.453. The largest absolute Gasteiger partial charge is 0.490 e. The molecule has 2 heterocycles. The number of benzene rings is 1. The lowest BCUT2D eigenvalue weighted by molar-refractivity contribution is 0.297. The molecule has 0 atom stereocenters. The van der Waals surface area contributed by atoms with Gasteiger partial charge in [-0.05, 0) is 30.5 Å². The summed E-state index contributed by atoms with van der Waals surface area (Å²) in [5.41, 5.74) is 2.12. The average Bonchev–Trinajstić information content (AvgIpc) is 3.06. The molecule has 0 amide bonds. The Hall–Kier alpha value is -2.70. The van der Waals surface area contributed by atoms with Crippen molar-refractivity contribution in [2.24, 2.45) is 4.99 Å². The fraction of sp³-hybridized carbons (Fsp3) is 0.524. The molecule has 0 spiro atoms. The predicted molar refractivity (Wildman–Crippen MR) is 109 cm³/mol. The van der Waals surface area contributed by atoms with Crippen molar-refractivity contribution in [1.82, 2.24) is 15.8 Å². The van der Waals surface area contributed by atoms with Gasteiger partial charge in [-0.2, -0.15) is 0 Å². The molecule has 0 bridgehead atoms. The van der Waals surface area contributed by atoms with E-state index in [4.69, 9.17) is 14.0 Å². The highest BCUT2D eigenvalue weighted by molar-refractivity contribution is 5.79. The van der Waals surface area contributed by atoms with Crippen LogP contribution in [-0.2, 0) is 13.1 Å². The van der Waals surface area contributed by atoms with Crippen molar-refractivity contribution in [3.8, 4) is 11.5 Å². The Morgan fingerprint density at radius 1 is 1.07 bits per heavy atom. The topological polar surface area (TPSA) is 80.9 Å². The van der Waals surface area contributed by atoms with Gasteiger partial charge in [0.2, 0.25) is 0 Å². The standard InChI is InChI=1S/C21H30N4O3/c1-4-16(5-2)18-12-17(28-25-18)14-24-21(22-3)23-13-15-7-8-19-20(11-15)27-10-6-9-26-19/h7-8,11-12,16H,4-6,9-10,13-14H2,1-3H3,(H2,22,23,24). The van der Waals surface area contributed by atoms with E-state index in [1.165, 1.54) is 0 Å². The third-order valence-electron chi connectivity index (χ3n) is 4.91. The summed E-state index contributed by atoms with van der Waals surface area (Å²) in [4.78, 5) is 4.27. The minimum atomic E-state index is 0.453. The van der Waals surface area contributed by atoms with Crippen LogP contribution in [-0.4, -0.2) is 31.4 Å². The van der Waals surface area contributed by atoms with Gasteiger partial charge in [0.05, 0.1) is 25.5 Å². The molecule has 0 radical (unpaired) electrons. The molecule has 7 heteroatoms. The van der Waals surface area contributed by atoms with Crippen LogP contribution in [0.4, 0.5) is 0 Å². The molecule has 1 aromatic heterocycles. The zero-order valence-corrected chi connectivity index (χ0v) is 17.0. The van der Waals surface area contributed by atoms with Crippen molar-refractivity contribution in [3.63, 3.8) is 0 Å². The molecule has 0 aliphatic carbocycles. The van der Waals surface area contributed by atoms with Gasteiger partial charge in [0.1, 0.15) is 0 Å². The highest BCUT2D eigenvalue weighted by Crippen LogP contribution is 2.30. The Balaban J connectivity index is 1.52. The first-order chi connectivity index (χ1) is 13.7. The summed E-state index contributed by atoms with van der Waals surface area (Å²) in [5, 5.41) is 10.8. The van der Waals surface area contributed by atoms with E-state index >= 15 is 0 Å². The third kappa shape index (κ3) is 5.18. The highest BCUT2D eigenvalue weighted by atomic mass is 16.5. The number of hydrogen-bond donors (Lipinski definition) is 2. The SMILES string of the molecule is CCC(CC)c1cc(CNC(=NC)NCc2ccc3c(c2)OCCCO3)on1. The molecule has 1 aliphatic rings. The number of rotatable bonds is 7. The Morgan fingerprint density at radius 2 is 1.82 bits per heavy atom. The van der Waals surface area contributed by atoms with E-state index in [1.807, 2.05) is 24.3 Å². The Kier molecular flexibility index (Phi) is 7.17. The smallest absolute Gasteiger partial charge is 0.191 e. The van der Waals surface area contributed by atoms with Crippen LogP contribution in [0.1, 0.15) is 56.0 Å². The highest BCUT2D eigenvalue weighted by Gasteiger charge is 2.13. The van der Waals surface area contributed by atoms with Gasteiger partial charge in [0.25, 0.3) is 0 Å². The molecular formula is C21H30N4O3. The van der Waals surface area contributed by atoms with Gasteiger partial charge < -0.3 is 24.6 Å². The van der Waals surface area contributed by atoms with Crippen LogP contribution in [0.2, 0.25) is 0 Å². The van der Waals surface area contributed by atoms with Crippen molar-refractivity contribution in [2.45, 2.75) is 52.1 Å². The van der Waals surface area contributed by atoms with Gasteiger partial charge in [-0.25, -0.2) is 0 Å². The van der Waals surface area contributed by atoms with E-state index in [9.17, 15) is 0 Å². The lowest BCUT2D eigenvalue weighted by atomic mass is 9.99. The Labute approximate surface area is 166 Å². The van der Waals surface area contributed by atoms with Gasteiger partial charge in [-0.3, -0.25) is 4.99 Å². The Bertz CT molecular complexity index is 784. The zero-order valence-electron chi connectivity index (χ0n) is 17.0. The first-order valence-electron chi connectivity index (χ1n) is 10.0. The number of nitrogens with zero attached hydrogens (tertiary/aromatic N) is 2. The molecule has 1 aromatic carbocycles. The van der Waals surface area contributed by atoms with Crippen LogP contribution in [0, 0.1) is 0 Å². The van der Waals surface area contributed by atoms with E-state index < -0.39 is 0 Å². The van der Waals surface area contributed by atoms with Gasteiger partial charge in [-0.1, -0.05) is 25.1 Å². The maximum atomic E-state index is 5.75. The van der Waals surface area contributed by atoms with Crippen LogP contribution >= 0.6 is 0 Å². The van der Waals surface area contributed by atoms with Gasteiger partial charge in [0, 0.05) is 32.0 Å². The van der Waals surface area contributed by atoms with E-state index in [2.05, 4.69) is 34.6 Å². The van der Waals surface area contributed by atoms with Crippen molar-refractivity contribution in [2.75, 3.05) is 20.3 Å². The minimum Gasteiger partial charge on any atom is -0.490 e. The first-order valence-corrected chi connectivity index (χ1v) is 10.0. The van der Waals surface area contributed by atoms with Crippen molar-refractivity contribution in [1.29, 1.82) is 0 Å². The number of guanidine groups is 1. The summed E-state index contributed by atoms with van der Waals surface area (Å²) in [6.07, 6.45) is 3.03. The normalized spacial score (nSPS) is 14.1. The van der Waals surface area contributed by atoms with E-state index in [0.29, 0.717) is 38.2 Å². The lowest BCUT2D eigenvalue weighted by Crippen LogP contribution is -2.36. The number of nitrogens with one attached hydrogen (secondary N) is 2. The van der Waals surface area contributed by atoms with Gasteiger partial charge >= 0.3 is 0 Å². The number of hydrogen-bond acceptors (Lipinski definition) is 5. The van der Waals surface area contributed by atoms with Crippen LogP contribution in [0.3, 0.4) is 0 Å². The maximum absolute atomic E-state index is 5.75. The quantitative estimate of drug-likeness (QED) is 0.559. The van der Waals surface area contributed by atoms with Crippen molar-refractivity contribution >= 4 is 5.96 Å². The van der Waals surface area contributed by atoms with Crippen molar-refractivity contribution in [3.05, 3.63) is 41.3 Å². The monoisotopic (exact) mass is 386 g/mol. The molecule has 2 N–H and O–H groups in total. The number of aliphatic imine (C=N–C) groups is 1. The average molecular weight is 386 g/mol. The second-order valence-electron chi connectivity index (χ2n) is 6.84. The van der Waals surface area contributed by atoms with E-state index in [-0.39, 0.29) is 0 Å². The molecule has 3 rings (SSSR count). The van der Waals surface area contributed by atoms with Crippen LogP contribution in [0.15, 0.2) is 33.8 Å². The van der Waals surface area contributed by atoms with E-state index in [1.54, 1.807) is 7.05 Å². The molecule has 28 heavy (non-hydrogen) atoms. The molecule has 2 aromatic rings. The Morgan fingerprint density at radius 3 is 2.57 bits per heavy atom. The molecule has 152 valence electrons. The molecular weight excluding hydrogens is 356 g/mol. The molecule has 7 nitrogen and oxygen atoms in total. The fourth-order valence-electron chi connectivity index (χ4n) is 3.21. The number of fused-ring (bicyclic) bond motifs is 1. The lowest BCUT2D eigenvalue weighted by Gasteiger charge is -2.12. The van der Waals surface area contributed by atoms with Crippen molar-refractivity contribution < 1.29 is 14.0 Å². The molecule has 0 unspecified atom stereocenters. The maximum Gasteiger partial charge on any atom is 0.191 e. The molecule has 0 saturated carbocycles. The van der Waals surface area contributed by atoms with Gasteiger partial charge in [0.15, 0.2) is 23.2 Å². The summed E-state index contributed by atoms with van der Waals surface area (Å²) in [7, 11) is 1.75. The summed E-state index contributed by atoms with van der Waals surface area (Å²) in [6.45, 7) is 6.89. The van der Waals surface area contributed by atoms with Crippen LogP contribution in [0.25, 0.3) is 0 Å². The predicted octanol–water partition coefficient (Wildman–Crippen LogP) is 3.60. The molecule has 0 fully saturated rings. The first kappa shape index (κ1) is 20.0. The second kappa shape index (κ2) is 10.0. The van der Waals surface area contributed by atoms with Crippen LogP contribution < -0.4 is 20.1 Å². The fourth-order valence-corrected chi connectivity index (χ4v) is 3.21. The molecule has 1 aliphatic heterocycles.